The van der Waals surface area contributed by atoms with E-state index in [0.29, 0.717) is 11.8 Å². The molecule has 0 amide bonds. The van der Waals surface area contributed by atoms with E-state index in [4.69, 9.17) is 9.47 Å². The maximum absolute atomic E-state index is 11.1. The fourth-order valence-electron chi connectivity index (χ4n) is 2.93. The van der Waals surface area contributed by atoms with Crippen molar-refractivity contribution in [3.05, 3.63) is 0 Å². The minimum absolute atomic E-state index is 0.0186. The number of esters is 2. The highest BCUT2D eigenvalue weighted by Crippen LogP contribution is 2.27. The van der Waals surface area contributed by atoms with Gasteiger partial charge in [-0.3, -0.25) is 9.59 Å². The predicted octanol–water partition coefficient (Wildman–Crippen LogP) is 3.58. The van der Waals surface area contributed by atoms with Crippen LogP contribution in [0, 0.1) is 23.7 Å². The molecule has 0 saturated carbocycles. The first-order valence-electron chi connectivity index (χ1n) is 8.17. The Morgan fingerprint density at radius 3 is 1.81 bits per heavy atom. The summed E-state index contributed by atoms with van der Waals surface area (Å²) in [5.74, 6) is 1.21. The van der Waals surface area contributed by atoms with Crippen LogP contribution < -0.4 is 0 Å². The van der Waals surface area contributed by atoms with Gasteiger partial charge in [0, 0.05) is 0 Å². The molecule has 0 aliphatic carbocycles. The molecule has 2 aliphatic heterocycles. The van der Waals surface area contributed by atoms with Gasteiger partial charge in [0.15, 0.2) is 0 Å². The molecule has 2 heterocycles. The molecule has 4 nitrogen and oxygen atoms in total. The van der Waals surface area contributed by atoms with Crippen LogP contribution in [0.4, 0.5) is 0 Å². The van der Waals surface area contributed by atoms with Gasteiger partial charge in [0.05, 0.1) is 11.8 Å². The standard InChI is InChI=1S/C9H16O2.C8H14O2/c1-4-8-6(2)5-7(3)9(10)11-8;1-5-4-6(2)8(9)10-7(5)3/h6-8H,4-5H2,1-3H3;5-7H,4H2,1-3H3/t6-,7-,8-;5-,6-,7-/m11/s1. The quantitative estimate of drug-likeness (QED) is 0.694. The molecule has 2 rings (SSSR count). The first-order chi connectivity index (χ1) is 9.76. The Kier molecular flexibility index (Phi) is 6.69. The third-order valence-corrected chi connectivity index (χ3v) is 4.66. The van der Waals surface area contributed by atoms with Crippen molar-refractivity contribution in [2.24, 2.45) is 23.7 Å². The molecule has 0 aromatic carbocycles. The number of hydrogen-bond acceptors (Lipinski definition) is 4. The van der Waals surface area contributed by atoms with Crippen molar-refractivity contribution in [3.8, 4) is 0 Å². The predicted molar refractivity (Wildman–Crippen MR) is 81.6 cm³/mol. The molecule has 2 saturated heterocycles. The zero-order valence-corrected chi connectivity index (χ0v) is 14.2. The second-order valence-electron chi connectivity index (χ2n) is 6.75. The molecule has 6 atom stereocenters. The minimum Gasteiger partial charge on any atom is -0.462 e. The molecular formula is C17H30O4. The molecule has 2 fully saturated rings. The van der Waals surface area contributed by atoms with Crippen molar-refractivity contribution in [2.75, 3.05) is 0 Å². The molecular weight excluding hydrogens is 268 g/mol. The van der Waals surface area contributed by atoms with Gasteiger partial charge < -0.3 is 9.47 Å². The lowest BCUT2D eigenvalue weighted by Crippen LogP contribution is -2.35. The zero-order valence-electron chi connectivity index (χ0n) is 14.2. The van der Waals surface area contributed by atoms with Crippen LogP contribution >= 0.6 is 0 Å². The average molecular weight is 298 g/mol. The summed E-state index contributed by atoms with van der Waals surface area (Å²) < 4.78 is 10.3. The van der Waals surface area contributed by atoms with Gasteiger partial charge in [-0.25, -0.2) is 0 Å². The summed E-state index contributed by atoms with van der Waals surface area (Å²) in [6.07, 6.45) is 3.18. The van der Waals surface area contributed by atoms with E-state index >= 15 is 0 Å². The molecule has 4 heteroatoms. The van der Waals surface area contributed by atoms with Crippen LogP contribution in [-0.4, -0.2) is 24.1 Å². The number of hydrogen-bond donors (Lipinski definition) is 0. The van der Waals surface area contributed by atoms with Gasteiger partial charge >= 0.3 is 11.9 Å². The zero-order chi connectivity index (χ0) is 16.2. The van der Waals surface area contributed by atoms with E-state index in [1.165, 1.54) is 0 Å². The Balaban J connectivity index is 0.000000211. The molecule has 0 N–H and O–H groups in total. The number of ether oxygens (including phenoxy) is 2. The minimum atomic E-state index is -0.0365. The second-order valence-corrected chi connectivity index (χ2v) is 6.75. The second kappa shape index (κ2) is 7.81. The van der Waals surface area contributed by atoms with Gasteiger partial charge in [-0.15, -0.1) is 0 Å². The van der Waals surface area contributed by atoms with Gasteiger partial charge in [0.1, 0.15) is 12.2 Å². The Morgan fingerprint density at radius 2 is 1.33 bits per heavy atom. The lowest BCUT2D eigenvalue weighted by atomic mass is 9.89. The van der Waals surface area contributed by atoms with Crippen molar-refractivity contribution >= 4 is 11.9 Å². The van der Waals surface area contributed by atoms with E-state index in [1.807, 2.05) is 20.8 Å². The van der Waals surface area contributed by atoms with E-state index < -0.39 is 0 Å². The number of carbonyl (C=O) groups is 2. The van der Waals surface area contributed by atoms with Crippen molar-refractivity contribution < 1.29 is 19.1 Å². The summed E-state index contributed by atoms with van der Waals surface area (Å²) in [4.78, 5) is 22.0. The lowest BCUT2D eigenvalue weighted by Gasteiger charge is -2.31. The topological polar surface area (TPSA) is 52.6 Å². The summed E-state index contributed by atoms with van der Waals surface area (Å²) in [6.45, 7) is 12.1. The van der Waals surface area contributed by atoms with Crippen LogP contribution in [0.3, 0.4) is 0 Å². The summed E-state index contributed by atoms with van der Waals surface area (Å²) in [6, 6.07) is 0. The molecule has 122 valence electrons. The molecule has 0 aromatic rings. The van der Waals surface area contributed by atoms with Gasteiger partial charge in [-0.1, -0.05) is 34.6 Å². The summed E-state index contributed by atoms with van der Waals surface area (Å²) >= 11 is 0. The van der Waals surface area contributed by atoms with Crippen molar-refractivity contribution in [1.82, 2.24) is 0 Å². The van der Waals surface area contributed by atoms with E-state index in [2.05, 4.69) is 20.8 Å². The number of cyclic esters (lactones) is 2. The van der Waals surface area contributed by atoms with Crippen LogP contribution in [0.25, 0.3) is 0 Å². The maximum atomic E-state index is 11.1. The van der Waals surface area contributed by atoms with Crippen molar-refractivity contribution in [1.29, 1.82) is 0 Å². The largest absolute Gasteiger partial charge is 0.462 e. The molecule has 2 aliphatic rings. The Morgan fingerprint density at radius 1 is 0.857 bits per heavy atom. The summed E-state index contributed by atoms with van der Waals surface area (Å²) in [5.41, 5.74) is 0. The lowest BCUT2D eigenvalue weighted by molar-refractivity contribution is -0.164. The number of carbonyl (C=O) groups excluding carboxylic acids is 2. The van der Waals surface area contributed by atoms with E-state index in [9.17, 15) is 9.59 Å². The highest BCUT2D eigenvalue weighted by Gasteiger charge is 2.31. The monoisotopic (exact) mass is 298 g/mol. The summed E-state index contributed by atoms with van der Waals surface area (Å²) in [7, 11) is 0. The first kappa shape index (κ1) is 18.0. The van der Waals surface area contributed by atoms with Crippen LogP contribution in [0.15, 0.2) is 0 Å². The average Bonchev–Trinajstić information content (AvgIpc) is 2.41. The molecule has 0 spiro atoms. The third kappa shape index (κ3) is 5.01. The fraction of sp³-hybridized carbons (Fsp3) is 0.882. The van der Waals surface area contributed by atoms with Gasteiger partial charge in [-0.2, -0.15) is 0 Å². The van der Waals surface area contributed by atoms with Crippen molar-refractivity contribution in [3.63, 3.8) is 0 Å². The van der Waals surface area contributed by atoms with Gasteiger partial charge in [0.2, 0.25) is 0 Å². The Hall–Kier alpha value is -1.06. The molecule has 0 radical (unpaired) electrons. The van der Waals surface area contributed by atoms with Crippen molar-refractivity contribution in [2.45, 2.75) is 73.0 Å². The highest BCUT2D eigenvalue weighted by atomic mass is 16.5. The first-order valence-corrected chi connectivity index (χ1v) is 8.17. The Labute approximate surface area is 128 Å². The van der Waals surface area contributed by atoms with E-state index in [-0.39, 0.29) is 36.0 Å². The van der Waals surface area contributed by atoms with Crippen LogP contribution in [0.2, 0.25) is 0 Å². The van der Waals surface area contributed by atoms with Gasteiger partial charge in [-0.05, 0) is 38.0 Å². The highest BCUT2D eigenvalue weighted by molar-refractivity contribution is 5.73. The van der Waals surface area contributed by atoms with Crippen LogP contribution in [-0.2, 0) is 19.1 Å². The van der Waals surface area contributed by atoms with Crippen LogP contribution in [0.5, 0.6) is 0 Å². The van der Waals surface area contributed by atoms with Crippen LogP contribution in [0.1, 0.15) is 60.8 Å². The molecule has 0 bridgehead atoms. The molecule has 0 unspecified atom stereocenters. The molecule has 0 aromatic heterocycles. The Bertz CT molecular complexity index is 366. The molecule has 21 heavy (non-hydrogen) atoms. The number of rotatable bonds is 1. The summed E-state index contributed by atoms with van der Waals surface area (Å²) in [5, 5.41) is 0. The fourth-order valence-corrected chi connectivity index (χ4v) is 2.93. The third-order valence-electron chi connectivity index (χ3n) is 4.66. The van der Waals surface area contributed by atoms with Gasteiger partial charge in [0.25, 0.3) is 0 Å². The maximum Gasteiger partial charge on any atom is 0.308 e. The van der Waals surface area contributed by atoms with E-state index in [1.54, 1.807) is 0 Å². The normalized spacial score (nSPS) is 39.7. The smallest absolute Gasteiger partial charge is 0.308 e. The SMILES string of the molecule is CC[C@H]1OC(=O)[C@H](C)C[C@H]1C.C[C@@H]1C[C@@H](C)[C@@H](C)OC1=O. The van der Waals surface area contributed by atoms with E-state index in [0.717, 1.165) is 19.3 Å².